The van der Waals surface area contributed by atoms with Gasteiger partial charge in [0.2, 0.25) is 11.8 Å². The lowest BCUT2D eigenvalue weighted by molar-refractivity contribution is -0.149. The number of halogens is 1. The molecule has 3 aliphatic rings. The number of aliphatic hydroxyl groups is 1. The van der Waals surface area contributed by atoms with Crippen molar-refractivity contribution < 1.29 is 19.5 Å². The van der Waals surface area contributed by atoms with E-state index in [0.29, 0.717) is 31.1 Å². The van der Waals surface area contributed by atoms with Gasteiger partial charge >= 0.3 is 6.03 Å². The van der Waals surface area contributed by atoms with Gasteiger partial charge in [-0.3, -0.25) is 9.59 Å². The van der Waals surface area contributed by atoms with Gasteiger partial charge in [-0.2, -0.15) is 0 Å². The first-order valence-corrected chi connectivity index (χ1v) is 14.2. The summed E-state index contributed by atoms with van der Waals surface area (Å²) in [6.07, 6.45) is 4.66. The second kappa shape index (κ2) is 11.0. The number of carbonyl (C=O) groups is 3. The highest BCUT2D eigenvalue weighted by Gasteiger charge is 2.46. The molecule has 2 heterocycles. The van der Waals surface area contributed by atoms with E-state index in [0.717, 1.165) is 31.2 Å². The fraction of sp³-hybridized carbons (Fsp3) is 0.690. The normalized spacial score (nSPS) is 26.0. The summed E-state index contributed by atoms with van der Waals surface area (Å²) in [7, 11) is 0. The molecule has 4 rings (SSSR count). The van der Waals surface area contributed by atoms with Gasteiger partial charge in [0.05, 0.1) is 24.0 Å². The Kier molecular flexibility index (Phi) is 8.34. The van der Waals surface area contributed by atoms with E-state index in [4.69, 9.17) is 17.3 Å². The summed E-state index contributed by atoms with van der Waals surface area (Å²) in [6.45, 7) is 9.61. The van der Waals surface area contributed by atoms with Crippen molar-refractivity contribution in [2.45, 2.75) is 77.8 Å². The van der Waals surface area contributed by atoms with E-state index >= 15 is 0 Å². The largest absolute Gasteiger partial charge is 0.395 e. The molecule has 0 radical (unpaired) electrons. The number of nitrogens with zero attached hydrogens (tertiary/aromatic N) is 3. The van der Waals surface area contributed by atoms with Crippen LogP contribution in [0, 0.1) is 16.7 Å². The van der Waals surface area contributed by atoms with E-state index in [2.05, 4.69) is 13.8 Å². The third-order valence-corrected chi connectivity index (χ3v) is 9.28. The van der Waals surface area contributed by atoms with Crippen molar-refractivity contribution in [2.24, 2.45) is 22.5 Å². The van der Waals surface area contributed by atoms with Crippen LogP contribution in [0.25, 0.3) is 0 Å². The number of hydrogen-bond acceptors (Lipinski definition) is 4. The Morgan fingerprint density at radius 1 is 1.03 bits per heavy atom. The highest BCUT2D eigenvalue weighted by molar-refractivity contribution is 6.30. The standard InChI is InChI=1S/C29H43ClN4O4/c1-28(2)12-9-21(10-13-28)34(26(37)29(3,4)18-35)22-11-14-32(15-22)25(36)24-17-33(27(31)38)16-23(24)19-5-7-20(30)8-6-19/h5-8,21-24,35H,9-18H2,1-4H3,(H2,31,38)/t22-,23-,24+/m0/s1. The van der Waals surface area contributed by atoms with Gasteiger partial charge in [0.15, 0.2) is 0 Å². The van der Waals surface area contributed by atoms with Crippen molar-refractivity contribution >= 4 is 29.4 Å². The van der Waals surface area contributed by atoms with Crippen LogP contribution >= 0.6 is 11.6 Å². The molecule has 2 saturated heterocycles. The molecule has 38 heavy (non-hydrogen) atoms. The van der Waals surface area contributed by atoms with Crippen LogP contribution in [0.1, 0.15) is 71.3 Å². The second-order valence-electron chi connectivity index (χ2n) is 12.9. The minimum Gasteiger partial charge on any atom is -0.395 e. The Hall–Kier alpha value is -2.32. The first-order chi connectivity index (χ1) is 17.8. The first-order valence-electron chi connectivity index (χ1n) is 13.9. The number of hydrogen-bond donors (Lipinski definition) is 2. The number of benzene rings is 1. The molecule has 0 aromatic heterocycles. The van der Waals surface area contributed by atoms with Crippen molar-refractivity contribution in [3.63, 3.8) is 0 Å². The molecule has 1 saturated carbocycles. The van der Waals surface area contributed by atoms with Gasteiger partial charge in [-0.15, -0.1) is 0 Å². The van der Waals surface area contributed by atoms with Crippen LogP contribution in [-0.4, -0.2) is 82.5 Å². The Balaban J connectivity index is 1.53. The molecule has 3 atom stereocenters. The maximum atomic E-state index is 13.9. The van der Waals surface area contributed by atoms with Crippen LogP contribution in [0.4, 0.5) is 4.79 Å². The molecule has 1 aliphatic carbocycles. The lowest BCUT2D eigenvalue weighted by Gasteiger charge is -2.45. The predicted molar refractivity (Wildman–Crippen MR) is 148 cm³/mol. The molecule has 1 aromatic rings. The molecule has 0 bridgehead atoms. The fourth-order valence-corrected chi connectivity index (χ4v) is 6.52. The molecule has 2 aliphatic heterocycles. The Morgan fingerprint density at radius 3 is 2.24 bits per heavy atom. The molecule has 3 N–H and O–H groups in total. The topological polar surface area (TPSA) is 107 Å². The van der Waals surface area contributed by atoms with Gasteiger partial charge in [0.1, 0.15) is 0 Å². The molecular formula is C29H43ClN4O4. The van der Waals surface area contributed by atoms with E-state index in [1.807, 2.05) is 21.9 Å². The van der Waals surface area contributed by atoms with Gasteiger partial charge in [-0.1, -0.05) is 37.6 Å². The SMILES string of the molecule is CC1(C)CCC(N(C(=O)C(C)(C)CO)[C@H]2CCN(C(=O)[C@@H]3CN(C(N)=O)C[C@H]3c3ccc(Cl)cc3)C2)CC1. The Labute approximate surface area is 231 Å². The maximum absolute atomic E-state index is 13.9. The monoisotopic (exact) mass is 546 g/mol. The van der Waals surface area contributed by atoms with Gasteiger partial charge in [0, 0.05) is 43.2 Å². The van der Waals surface area contributed by atoms with Crippen LogP contribution in [0.15, 0.2) is 24.3 Å². The summed E-state index contributed by atoms with van der Waals surface area (Å²) in [5.41, 5.74) is 5.95. The minimum atomic E-state index is -0.877. The number of aliphatic hydroxyl groups excluding tert-OH is 1. The van der Waals surface area contributed by atoms with Crippen molar-refractivity contribution in [3.8, 4) is 0 Å². The van der Waals surface area contributed by atoms with Gasteiger partial charge in [-0.05, 0) is 69.1 Å². The van der Waals surface area contributed by atoms with E-state index in [-0.39, 0.29) is 48.4 Å². The second-order valence-corrected chi connectivity index (χ2v) is 13.3. The molecular weight excluding hydrogens is 504 g/mol. The van der Waals surface area contributed by atoms with Gasteiger partial charge in [0.25, 0.3) is 0 Å². The molecule has 3 fully saturated rings. The molecule has 9 heteroatoms. The van der Waals surface area contributed by atoms with E-state index in [1.54, 1.807) is 30.9 Å². The summed E-state index contributed by atoms with van der Waals surface area (Å²) in [5.74, 6) is -0.618. The highest BCUT2D eigenvalue weighted by atomic mass is 35.5. The zero-order valence-electron chi connectivity index (χ0n) is 23.2. The molecule has 0 spiro atoms. The van der Waals surface area contributed by atoms with Crippen molar-refractivity contribution in [3.05, 3.63) is 34.9 Å². The summed E-state index contributed by atoms with van der Waals surface area (Å²) < 4.78 is 0. The summed E-state index contributed by atoms with van der Waals surface area (Å²) in [6, 6.07) is 6.91. The molecule has 1 aromatic carbocycles. The van der Waals surface area contributed by atoms with Crippen molar-refractivity contribution in [1.82, 2.24) is 14.7 Å². The Morgan fingerprint density at radius 2 is 1.66 bits per heavy atom. The lowest BCUT2D eigenvalue weighted by atomic mass is 9.74. The average Bonchev–Trinajstić information content (AvgIpc) is 3.53. The van der Waals surface area contributed by atoms with Crippen molar-refractivity contribution in [1.29, 1.82) is 0 Å². The summed E-state index contributed by atoms with van der Waals surface area (Å²) in [5, 5.41) is 10.6. The number of rotatable bonds is 6. The number of primary amides is 1. The van der Waals surface area contributed by atoms with E-state index in [9.17, 15) is 19.5 Å². The lowest BCUT2D eigenvalue weighted by Crippen LogP contribution is -2.55. The highest BCUT2D eigenvalue weighted by Crippen LogP contribution is 2.40. The maximum Gasteiger partial charge on any atom is 0.314 e. The van der Waals surface area contributed by atoms with Gasteiger partial charge in [-0.25, -0.2) is 4.79 Å². The molecule has 8 nitrogen and oxygen atoms in total. The minimum absolute atomic E-state index is 0.00482. The summed E-state index contributed by atoms with van der Waals surface area (Å²) in [4.78, 5) is 45.1. The third kappa shape index (κ3) is 5.96. The quantitative estimate of drug-likeness (QED) is 0.565. The van der Waals surface area contributed by atoms with E-state index in [1.165, 1.54) is 0 Å². The molecule has 210 valence electrons. The number of urea groups is 1. The van der Waals surface area contributed by atoms with Crippen molar-refractivity contribution in [2.75, 3.05) is 32.8 Å². The van der Waals surface area contributed by atoms with Crippen LogP contribution in [-0.2, 0) is 9.59 Å². The number of likely N-dealkylation sites (tertiary alicyclic amines) is 2. The average molecular weight is 547 g/mol. The van der Waals surface area contributed by atoms with E-state index < -0.39 is 17.4 Å². The van der Waals surface area contributed by atoms with Gasteiger partial charge < -0.3 is 25.5 Å². The molecule has 0 unspecified atom stereocenters. The smallest absolute Gasteiger partial charge is 0.314 e. The Bertz CT molecular complexity index is 1030. The number of carbonyl (C=O) groups excluding carboxylic acids is 3. The third-order valence-electron chi connectivity index (χ3n) is 9.03. The van der Waals surface area contributed by atoms with Crippen LogP contribution < -0.4 is 5.73 Å². The fourth-order valence-electron chi connectivity index (χ4n) is 6.39. The van der Waals surface area contributed by atoms with Crippen LogP contribution in [0.2, 0.25) is 5.02 Å². The first kappa shape index (κ1) is 28.7. The predicted octanol–water partition coefficient (Wildman–Crippen LogP) is 3.85. The molecule has 4 amide bonds. The zero-order chi connectivity index (χ0) is 27.8. The van der Waals surface area contributed by atoms with Crippen LogP contribution in [0.5, 0.6) is 0 Å². The zero-order valence-corrected chi connectivity index (χ0v) is 23.9. The number of amides is 4. The van der Waals surface area contributed by atoms with Crippen LogP contribution in [0.3, 0.4) is 0 Å². The number of nitrogens with two attached hydrogens (primary N) is 1. The summed E-state index contributed by atoms with van der Waals surface area (Å²) >= 11 is 6.09.